The number of anilines is 2. The zero-order valence-corrected chi connectivity index (χ0v) is 16.8. The summed E-state index contributed by atoms with van der Waals surface area (Å²) in [6.45, 7) is 7.15. The van der Waals surface area contributed by atoms with Crippen LogP contribution in [0.15, 0.2) is 42.6 Å². The summed E-state index contributed by atoms with van der Waals surface area (Å²) in [5.41, 5.74) is 1.85. The molecule has 1 aliphatic rings. The molecule has 1 aromatic carbocycles. The molecule has 1 fully saturated rings. The zero-order chi connectivity index (χ0) is 20.6. The molecule has 3 rings (SSSR count). The minimum Gasteiger partial charge on any atom is -0.492 e. The summed E-state index contributed by atoms with van der Waals surface area (Å²) in [4.78, 5) is 32.5. The lowest BCUT2D eigenvalue weighted by molar-refractivity contribution is 0.101. The van der Waals surface area contributed by atoms with Crippen molar-refractivity contribution < 1.29 is 19.1 Å². The molecule has 0 aliphatic carbocycles. The molecular formula is C21H26N4O4. The first-order valence-electron chi connectivity index (χ1n) is 9.78. The summed E-state index contributed by atoms with van der Waals surface area (Å²) in [6, 6.07) is 10.9. The second kappa shape index (κ2) is 9.77. The Hall–Kier alpha value is -3.29. The van der Waals surface area contributed by atoms with Crippen molar-refractivity contribution in [3.8, 4) is 5.75 Å². The van der Waals surface area contributed by atoms with Gasteiger partial charge < -0.3 is 24.6 Å². The summed E-state index contributed by atoms with van der Waals surface area (Å²) >= 11 is 0. The van der Waals surface area contributed by atoms with E-state index in [-0.39, 0.29) is 12.0 Å². The van der Waals surface area contributed by atoms with Crippen molar-refractivity contribution >= 4 is 23.4 Å². The van der Waals surface area contributed by atoms with E-state index in [9.17, 15) is 9.59 Å². The molecule has 0 unspecified atom stereocenters. The molecule has 0 radical (unpaired) electrons. The second-order valence-corrected chi connectivity index (χ2v) is 6.46. The normalized spacial score (nSPS) is 13.7. The van der Waals surface area contributed by atoms with Crippen LogP contribution in [0.5, 0.6) is 5.75 Å². The number of hydrogen-bond donors (Lipinski definition) is 1. The number of ether oxygens (including phenoxy) is 2. The highest BCUT2D eigenvalue weighted by atomic mass is 16.6. The molecule has 1 aliphatic heterocycles. The molecule has 8 heteroatoms. The van der Waals surface area contributed by atoms with Crippen LogP contribution in [-0.4, -0.2) is 61.3 Å². The number of hydrogen-bond acceptors (Lipinski definition) is 6. The van der Waals surface area contributed by atoms with E-state index < -0.39 is 0 Å². The minimum absolute atomic E-state index is 0.273. The van der Waals surface area contributed by atoms with Crippen molar-refractivity contribution in [3.05, 3.63) is 48.3 Å². The number of aromatic nitrogens is 1. The fourth-order valence-corrected chi connectivity index (χ4v) is 3.11. The fourth-order valence-electron chi connectivity index (χ4n) is 3.11. The van der Waals surface area contributed by atoms with Gasteiger partial charge in [-0.3, -0.25) is 4.79 Å². The second-order valence-electron chi connectivity index (χ2n) is 6.46. The van der Waals surface area contributed by atoms with Gasteiger partial charge in [-0.25, -0.2) is 9.78 Å². The van der Waals surface area contributed by atoms with Gasteiger partial charge in [-0.05, 0) is 38.1 Å². The molecule has 8 nitrogen and oxygen atoms in total. The number of piperazine rings is 1. The highest BCUT2D eigenvalue weighted by Gasteiger charge is 2.22. The first-order valence-corrected chi connectivity index (χ1v) is 9.78. The summed E-state index contributed by atoms with van der Waals surface area (Å²) in [5.74, 6) is 0.329. The average molecular weight is 398 g/mol. The molecule has 1 N–H and O–H groups in total. The number of pyridine rings is 1. The average Bonchev–Trinajstić information content (AvgIpc) is 2.76. The molecular weight excluding hydrogens is 372 g/mol. The summed E-state index contributed by atoms with van der Waals surface area (Å²) in [7, 11) is 0. The smallest absolute Gasteiger partial charge is 0.409 e. The van der Waals surface area contributed by atoms with E-state index in [4.69, 9.17) is 9.47 Å². The third-order valence-electron chi connectivity index (χ3n) is 4.59. The van der Waals surface area contributed by atoms with E-state index in [1.54, 1.807) is 30.2 Å². The van der Waals surface area contributed by atoms with Crippen molar-refractivity contribution in [3.63, 3.8) is 0 Å². The monoisotopic (exact) mass is 398 g/mol. The third-order valence-corrected chi connectivity index (χ3v) is 4.59. The van der Waals surface area contributed by atoms with Crippen LogP contribution in [0.4, 0.5) is 16.2 Å². The molecule has 1 aromatic heterocycles. The van der Waals surface area contributed by atoms with Gasteiger partial charge in [-0.15, -0.1) is 0 Å². The Balaban J connectivity index is 1.59. The van der Waals surface area contributed by atoms with Crippen molar-refractivity contribution in [2.45, 2.75) is 13.8 Å². The highest BCUT2D eigenvalue weighted by Crippen LogP contribution is 2.24. The van der Waals surface area contributed by atoms with Crippen LogP contribution in [0, 0.1) is 0 Å². The molecule has 154 valence electrons. The number of para-hydroxylation sites is 2. The van der Waals surface area contributed by atoms with Crippen molar-refractivity contribution in [2.75, 3.05) is 49.6 Å². The SMILES string of the molecule is CCOC(=O)N1CCN(c2ccc(C(=O)Nc3ccccc3OCC)nc2)CC1. The van der Waals surface area contributed by atoms with Gasteiger partial charge in [-0.2, -0.15) is 0 Å². The fraction of sp³-hybridized carbons (Fsp3) is 0.381. The summed E-state index contributed by atoms with van der Waals surface area (Å²) in [6.07, 6.45) is 1.41. The van der Waals surface area contributed by atoms with Gasteiger partial charge in [0.2, 0.25) is 0 Å². The van der Waals surface area contributed by atoms with E-state index in [0.717, 1.165) is 5.69 Å². The van der Waals surface area contributed by atoms with E-state index >= 15 is 0 Å². The summed E-state index contributed by atoms with van der Waals surface area (Å²) in [5, 5.41) is 2.84. The lowest BCUT2D eigenvalue weighted by Gasteiger charge is -2.35. The van der Waals surface area contributed by atoms with Crippen LogP contribution in [0.25, 0.3) is 0 Å². The molecule has 1 saturated heterocycles. The molecule has 0 spiro atoms. The van der Waals surface area contributed by atoms with Crippen LogP contribution in [-0.2, 0) is 4.74 Å². The molecule has 0 saturated carbocycles. The van der Waals surface area contributed by atoms with Crippen LogP contribution in [0.1, 0.15) is 24.3 Å². The van der Waals surface area contributed by atoms with Crippen LogP contribution in [0.3, 0.4) is 0 Å². The molecule has 2 amide bonds. The molecule has 2 aromatic rings. The number of rotatable bonds is 6. The predicted octanol–water partition coefficient (Wildman–Crippen LogP) is 3.01. The Morgan fingerprint density at radius 2 is 1.79 bits per heavy atom. The van der Waals surface area contributed by atoms with Gasteiger partial charge in [0.1, 0.15) is 11.4 Å². The molecule has 0 atom stereocenters. The Morgan fingerprint density at radius 3 is 2.45 bits per heavy atom. The number of amides is 2. The topological polar surface area (TPSA) is 84.0 Å². The largest absolute Gasteiger partial charge is 0.492 e. The molecule has 0 bridgehead atoms. The van der Waals surface area contributed by atoms with E-state index in [0.29, 0.717) is 56.5 Å². The highest BCUT2D eigenvalue weighted by molar-refractivity contribution is 6.03. The number of nitrogens with one attached hydrogen (secondary N) is 1. The predicted molar refractivity (Wildman–Crippen MR) is 111 cm³/mol. The number of carbonyl (C=O) groups is 2. The van der Waals surface area contributed by atoms with E-state index in [1.165, 1.54) is 0 Å². The maximum Gasteiger partial charge on any atom is 0.409 e. The number of carbonyl (C=O) groups excluding carboxylic acids is 2. The van der Waals surface area contributed by atoms with Gasteiger partial charge in [0, 0.05) is 26.2 Å². The molecule has 2 heterocycles. The van der Waals surface area contributed by atoms with Gasteiger partial charge >= 0.3 is 6.09 Å². The minimum atomic E-state index is -0.296. The first kappa shape index (κ1) is 20.4. The third kappa shape index (κ3) is 5.16. The summed E-state index contributed by atoms with van der Waals surface area (Å²) < 4.78 is 10.6. The van der Waals surface area contributed by atoms with Crippen molar-refractivity contribution in [2.24, 2.45) is 0 Å². The Labute approximate surface area is 170 Å². The first-order chi connectivity index (χ1) is 14.1. The lowest BCUT2D eigenvalue weighted by Crippen LogP contribution is -2.49. The maximum absolute atomic E-state index is 12.5. The standard InChI is InChI=1S/C21H26N4O4/c1-3-28-19-8-6-5-7-17(19)23-20(26)18-10-9-16(15-22-18)24-11-13-25(14-12-24)21(27)29-4-2/h5-10,15H,3-4,11-14H2,1-2H3,(H,23,26). The zero-order valence-electron chi connectivity index (χ0n) is 16.8. The lowest BCUT2D eigenvalue weighted by atomic mass is 10.2. The van der Waals surface area contributed by atoms with Gasteiger partial charge in [0.15, 0.2) is 0 Å². The quantitative estimate of drug-likeness (QED) is 0.805. The van der Waals surface area contributed by atoms with Crippen molar-refractivity contribution in [1.82, 2.24) is 9.88 Å². The van der Waals surface area contributed by atoms with Crippen LogP contribution < -0.4 is 15.0 Å². The Kier molecular flexibility index (Phi) is 6.89. The number of benzene rings is 1. The number of nitrogens with zero attached hydrogens (tertiary/aromatic N) is 3. The van der Waals surface area contributed by atoms with E-state index in [2.05, 4.69) is 15.2 Å². The van der Waals surface area contributed by atoms with E-state index in [1.807, 2.05) is 31.2 Å². The Morgan fingerprint density at radius 1 is 1.03 bits per heavy atom. The Bertz CT molecular complexity index is 833. The van der Waals surface area contributed by atoms with Crippen LogP contribution >= 0.6 is 0 Å². The van der Waals surface area contributed by atoms with Gasteiger partial charge in [0.05, 0.1) is 30.8 Å². The maximum atomic E-state index is 12.5. The van der Waals surface area contributed by atoms with Gasteiger partial charge in [0.25, 0.3) is 5.91 Å². The molecule has 29 heavy (non-hydrogen) atoms. The van der Waals surface area contributed by atoms with Crippen LogP contribution in [0.2, 0.25) is 0 Å². The van der Waals surface area contributed by atoms with Gasteiger partial charge in [-0.1, -0.05) is 12.1 Å². The van der Waals surface area contributed by atoms with Crippen molar-refractivity contribution in [1.29, 1.82) is 0 Å².